The average molecular weight is 339 g/mol. The maximum absolute atomic E-state index is 12.3. The van der Waals surface area contributed by atoms with Gasteiger partial charge in [0.05, 0.1) is 12.3 Å². The molecule has 0 bridgehead atoms. The van der Waals surface area contributed by atoms with Gasteiger partial charge in [-0.1, -0.05) is 60.3 Å². The van der Waals surface area contributed by atoms with Crippen molar-refractivity contribution in [2.45, 2.75) is 11.7 Å². The summed E-state index contributed by atoms with van der Waals surface area (Å²) < 4.78 is 1.70. The zero-order valence-corrected chi connectivity index (χ0v) is 14.1. The van der Waals surface area contributed by atoms with Crippen molar-refractivity contribution >= 4 is 23.4 Å². The van der Waals surface area contributed by atoms with E-state index in [2.05, 4.69) is 15.5 Å². The van der Waals surface area contributed by atoms with Gasteiger partial charge in [0.2, 0.25) is 11.1 Å². The van der Waals surface area contributed by atoms with E-state index >= 15 is 0 Å². The molecular formula is C17H17N5OS. The molecule has 1 amide bonds. The lowest BCUT2D eigenvalue weighted by atomic mass is 10.2. The third-order valence-electron chi connectivity index (χ3n) is 3.52. The maximum atomic E-state index is 12.3. The number of hydrogen-bond acceptors (Lipinski definition) is 5. The third kappa shape index (κ3) is 3.99. The maximum Gasteiger partial charge on any atom is 0.237 e. The minimum Gasteiger partial charge on any atom is -0.315 e. The highest BCUT2D eigenvalue weighted by Gasteiger charge is 2.14. The molecule has 0 fully saturated rings. The lowest BCUT2D eigenvalue weighted by molar-refractivity contribution is -0.115. The number of amides is 1. The van der Waals surface area contributed by atoms with Crippen LogP contribution in [0.2, 0.25) is 0 Å². The molecule has 122 valence electrons. The number of anilines is 1. The second-order valence-electron chi connectivity index (χ2n) is 5.18. The molecule has 0 aliphatic rings. The van der Waals surface area contributed by atoms with Crippen molar-refractivity contribution in [3.8, 4) is 0 Å². The predicted octanol–water partition coefficient (Wildman–Crippen LogP) is 2.48. The number of hydrogen-bond donors (Lipinski definition) is 0. The summed E-state index contributed by atoms with van der Waals surface area (Å²) in [7, 11) is 1.77. The summed E-state index contributed by atoms with van der Waals surface area (Å²) in [6.07, 6.45) is 0. The Balaban J connectivity index is 1.61. The lowest BCUT2D eigenvalue weighted by Crippen LogP contribution is -2.28. The lowest BCUT2D eigenvalue weighted by Gasteiger charge is -2.16. The van der Waals surface area contributed by atoms with Crippen LogP contribution in [0.1, 0.15) is 5.56 Å². The average Bonchev–Trinajstić information content (AvgIpc) is 3.07. The summed E-state index contributed by atoms with van der Waals surface area (Å²) >= 11 is 1.34. The molecule has 0 radical (unpaired) electrons. The van der Waals surface area contributed by atoms with Crippen LogP contribution in [0.5, 0.6) is 0 Å². The van der Waals surface area contributed by atoms with Gasteiger partial charge in [-0.3, -0.25) is 4.79 Å². The summed E-state index contributed by atoms with van der Waals surface area (Å²) in [5.41, 5.74) is 1.98. The van der Waals surface area contributed by atoms with Crippen molar-refractivity contribution in [3.05, 3.63) is 66.2 Å². The number of rotatable bonds is 6. The van der Waals surface area contributed by atoms with Crippen LogP contribution in [-0.2, 0) is 11.3 Å². The second-order valence-corrected chi connectivity index (χ2v) is 6.12. The fourth-order valence-corrected chi connectivity index (χ4v) is 2.96. The Morgan fingerprint density at radius 3 is 2.46 bits per heavy atom. The Morgan fingerprint density at radius 1 is 1.08 bits per heavy atom. The van der Waals surface area contributed by atoms with Crippen LogP contribution in [0.25, 0.3) is 0 Å². The Bertz CT molecular complexity index is 791. The van der Waals surface area contributed by atoms with Gasteiger partial charge in [-0.25, -0.2) is 4.68 Å². The molecule has 0 aliphatic heterocycles. The van der Waals surface area contributed by atoms with Crippen LogP contribution in [-0.4, -0.2) is 38.9 Å². The molecule has 0 unspecified atom stereocenters. The number of carbonyl (C=O) groups is 1. The summed E-state index contributed by atoms with van der Waals surface area (Å²) in [5, 5.41) is 12.4. The highest BCUT2D eigenvalue weighted by molar-refractivity contribution is 7.99. The van der Waals surface area contributed by atoms with Crippen molar-refractivity contribution in [1.29, 1.82) is 0 Å². The fourth-order valence-electron chi connectivity index (χ4n) is 2.17. The minimum absolute atomic E-state index is 0.000427. The monoisotopic (exact) mass is 339 g/mol. The van der Waals surface area contributed by atoms with Crippen LogP contribution in [0, 0.1) is 0 Å². The highest BCUT2D eigenvalue weighted by atomic mass is 32.2. The van der Waals surface area contributed by atoms with Gasteiger partial charge in [-0.05, 0) is 28.1 Å². The topological polar surface area (TPSA) is 63.9 Å². The molecule has 1 heterocycles. The number of benzene rings is 2. The van der Waals surface area contributed by atoms with Crippen molar-refractivity contribution in [2.24, 2.45) is 0 Å². The van der Waals surface area contributed by atoms with Crippen molar-refractivity contribution in [3.63, 3.8) is 0 Å². The number of carbonyl (C=O) groups excluding carboxylic acids is 1. The van der Waals surface area contributed by atoms with E-state index in [1.807, 2.05) is 60.7 Å². The van der Waals surface area contributed by atoms with Gasteiger partial charge < -0.3 is 4.90 Å². The van der Waals surface area contributed by atoms with Gasteiger partial charge in [0, 0.05) is 12.7 Å². The molecule has 0 atom stereocenters. The van der Waals surface area contributed by atoms with E-state index in [9.17, 15) is 4.79 Å². The quantitative estimate of drug-likeness (QED) is 0.646. The predicted molar refractivity (Wildman–Crippen MR) is 93.9 cm³/mol. The van der Waals surface area contributed by atoms with Gasteiger partial charge >= 0.3 is 0 Å². The summed E-state index contributed by atoms with van der Waals surface area (Å²) in [5.74, 6) is 0.279. The van der Waals surface area contributed by atoms with E-state index in [0.717, 1.165) is 11.3 Å². The number of tetrazole rings is 1. The Hall–Kier alpha value is -2.67. The molecule has 0 saturated carbocycles. The number of para-hydroxylation sites is 1. The number of thioether (sulfide) groups is 1. The zero-order chi connectivity index (χ0) is 16.8. The van der Waals surface area contributed by atoms with E-state index in [4.69, 9.17) is 0 Å². The first kappa shape index (κ1) is 16.2. The van der Waals surface area contributed by atoms with Gasteiger partial charge in [-0.2, -0.15) is 0 Å². The molecule has 0 N–H and O–H groups in total. The molecule has 2 aromatic carbocycles. The molecule has 7 heteroatoms. The Morgan fingerprint density at radius 2 is 1.75 bits per heavy atom. The van der Waals surface area contributed by atoms with E-state index in [0.29, 0.717) is 11.7 Å². The van der Waals surface area contributed by atoms with E-state index in [-0.39, 0.29) is 11.7 Å². The molecule has 0 aliphatic carbocycles. The fraction of sp³-hybridized carbons (Fsp3) is 0.176. The molecule has 24 heavy (non-hydrogen) atoms. The zero-order valence-electron chi connectivity index (χ0n) is 13.2. The molecule has 3 rings (SSSR count). The first-order valence-electron chi connectivity index (χ1n) is 7.48. The van der Waals surface area contributed by atoms with Gasteiger partial charge in [0.15, 0.2) is 0 Å². The highest BCUT2D eigenvalue weighted by Crippen LogP contribution is 2.18. The van der Waals surface area contributed by atoms with E-state index in [1.165, 1.54) is 11.8 Å². The van der Waals surface area contributed by atoms with Crippen LogP contribution in [0.3, 0.4) is 0 Å². The molecular weight excluding hydrogens is 322 g/mol. The first-order chi connectivity index (χ1) is 11.7. The normalized spacial score (nSPS) is 10.5. The van der Waals surface area contributed by atoms with E-state index in [1.54, 1.807) is 16.6 Å². The molecule has 6 nitrogen and oxygen atoms in total. The van der Waals surface area contributed by atoms with Crippen LogP contribution in [0.15, 0.2) is 65.8 Å². The summed E-state index contributed by atoms with van der Waals surface area (Å²) in [6, 6.07) is 19.5. The van der Waals surface area contributed by atoms with Crippen molar-refractivity contribution in [2.75, 3.05) is 17.7 Å². The summed E-state index contributed by atoms with van der Waals surface area (Å²) in [4.78, 5) is 14.0. The third-order valence-corrected chi connectivity index (χ3v) is 4.46. The van der Waals surface area contributed by atoms with Crippen LogP contribution in [0.4, 0.5) is 5.69 Å². The van der Waals surface area contributed by atoms with Crippen LogP contribution < -0.4 is 4.90 Å². The Labute approximate surface area is 144 Å². The number of nitrogens with zero attached hydrogens (tertiary/aromatic N) is 5. The van der Waals surface area contributed by atoms with Gasteiger partial charge in [0.1, 0.15) is 0 Å². The van der Waals surface area contributed by atoms with Crippen molar-refractivity contribution < 1.29 is 4.79 Å². The second kappa shape index (κ2) is 7.74. The van der Waals surface area contributed by atoms with Gasteiger partial charge in [-0.15, -0.1) is 5.10 Å². The number of aromatic nitrogens is 4. The van der Waals surface area contributed by atoms with Crippen molar-refractivity contribution in [1.82, 2.24) is 20.2 Å². The molecule has 3 aromatic rings. The first-order valence-corrected chi connectivity index (χ1v) is 8.47. The molecule has 0 spiro atoms. The SMILES string of the molecule is CN(C(=O)CSc1nnnn1Cc1ccccc1)c1ccccc1. The minimum atomic E-state index is 0.000427. The Kier molecular flexibility index (Phi) is 5.22. The van der Waals surface area contributed by atoms with Gasteiger partial charge in [0.25, 0.3) is 0 Å². The standard InChI is InChI=1S/C17H17N5OS/c1-21(15-10-6-3-7-11-15)16(23)13-24-17-18-19-20-22(17)12-14-8-4-2-5-9-14/h2-11H,12-13H2,1H3. The largest absolute Gasteiger partial charge is 0.315 e. The summed E-state index contributed by atoms with van der Waals surface area (Å²) in [6.45, 7) is 0.582. The smallest absolute Gasteiger partial charge is 0.237 e. The van der Waals surface area contributed by atoms with Crippen LogP contribution >= 0.6 is 11.8 Å². The molecule has 1 aromatic heterocycles. The molecule has 0 saturated heterocycles. The van der Waals surface area contributed by atoms with E-state index < -0.39 is 0 Å².